The number of aromatic nitrogens is 1. The van der Waals surface area contributed by atoms with E-state index in [1.165, 1.54) is 16.9 Å². The van der Waals surface area contributed by atoms with Gasteiger partial charge in [-0.15, -0.1) is 0 Å². The minimum absolute atomic E-state index is 0.228. The zero-order valence-electron chi connectivity index (χ0n) is 23.4. The molecule has 1 aliphatic heterocycles. The molecule has 1 atom stereocenters. The molecule has 1 aliphatic rings. The lowest BCUT2D eigenvalue weighted by Gasteiger charge is -2.25. The maximum Gasteiger partial charge on any atom is 0.338 e. The average molecular weight is 587 g/mol. The van der Waals surface area contributed by atoms with Gasteiger partial charge >= 0.3 is 5.97 Å². The van der Waals surface area contributed by atoms with E-state index >= 15 is 0 Å². The molecule has 41 heavy (non-hydrogen) atoms. The Labute approximate surface area is 247 Å². The van der Waals surface area contributed by atoms with E-state index in [0.717, 1.165) is 16.7 Å². The highest BCUT2D eigenvalue weighted by Gasteiger charge is 2.33. The van der Waals surface area contributed by atoms with Crippen molar-refractivity contribution >= 4 is 35.0 Å². The molecule has 0 spiro atoms. The largest absolute Gasteiger partial charge is 0.488 e. The Bertz CT molecular complexity index is 1780. The smallest absolute Gasteiger partial charge is 0.338 e. The van der Waals surface area contributed by atoms with Gasteiger partial charge in [0.05, 0.1) is 28.5 Å². The molecule has 4 aromatic rings. The van der Waals surface area contributed by atoms with Crippen LogP contribution in [-0.2, 0) is 16.1 Å². The Balaban J connectivity index is 1.59. The van der Waals surface area contributed by atoms with E-state index in [1.54, 1.807) is 18.4 Å². The molecular formula is C33H31ClN2O4S. The van der Waals surface area contributed by atoms with Crippen LogP contribution in [0.15, 0.2) is 93.9 Å². The third kappa shape index (κ3) is 6.06. The predicted octanol–water partition coefficient (Wildman–Crippen LogP) is 6.15. The van der Waals surface area contributed by atoms with E-state index in [2.05, 4.69) is 18.8 Å². The van der Waals surface area contributed by atoms with Gasteiger partial charge in [0.1, 0.15) is 12.4 Å². The Morgan fingerprint density at radius 2 is 1.78 bits per heavy atom. The lowest BCUT2D eigenvalue weighted by Crippen LogP contribution is -2.39. The number of carbonyl (C=O) groups is 1. The normalized spacial score (nSPS) is 15.1. The van der Waals surface area contributed by atoms with Crippen molar-refractivity contribution in [2.24, 2.45) is 4.99 Å². The van der Waals surface area contributed by atoms with E-state index < -0.39 is 12.0 Å². The third-order valence-electron chi connectivity index (χ3n) is 6.95. The summed E-state index contributed by atoms with van der Waals surface area (Å²) in [5.41, 5.74) is 4.44. The van der Waals surface area contributed by atoms with Crippen LogP contribution >= 0.6 is 22.9 Å². The molecule has 1 unspecified atom stereocenters. The second-order valence-electron chi connectivity index (χ2n) is 10.1. The molecule has 6 nitrogen and oxygen atoms in total. The van der Waals surface area contributed by atoms with Crippen molar-refractivity contribution in [3.8, 4) is 5.75 Å². The fraction of sp³-hybridized carbons (Fsp3) is 0.242. The molecule has 0 bridgehead atoms. The van der Waals surface area contributed by atoms with Gasteiger partial charge in [0.15, 0.2) is 4.80 Å². The fourth-order valence-corrected chi connectivity index (χ4v) is 5.95. The van der Waals surface area contributed by atoms with E-state index in [1.807, 2.05) is 78.9 Å². The second kappa shape index (κ2) is 12.3. The Kier molecular flexibility index (Phi) is 8.57. The van der Waals surface area contributed by atoms with Crippen LogP contribution in [0.4, 0.5) is 0 Å². The molecule has 2 heterocycles. The number of ether oxygens (including phenoxy) is 2. The molecule has 210 valence electrons. The average Bonchev–Trinajstić information content (AvgIpc) is 3.26. The minimum Gasteiger partial charge on any atom is -0.488 e. The second-order valence-corrected chi connectivity index (χ2v) is 11.5. The van der Waals surface area contributed by atoms with Gasteiger partial charge in [0.2, 0.25) is 0 Å². The number of rotatable bonds is 8. The van der Waals surface area contributed by atoms with Crippen LogP contribution in [0.1, 0.15) is 61.9 Å². The van der Waals surface area contributed by atoms with Crippen LogP contribution in [-0.4, -0.2) is 17.1 Å². The molecule has 8 heteroatoms. The molecule has 0 aliphatic carbocycles. The summed E-state index contributed by atoms with van der Waals surface area (Å²) < 4.78 is 13.6. The van der Waals surface area contributed by atoms with Crippen LogP contribution in [0, 0.1) is 0 Å². The summed E-state index contributed by atoms with van der Waals surface area (Å²) in [5.74, 6) is 0.536. The van der Waals surface area contributed by atoms with Gasteiger partial charge in [-0.25, -0.2) is 9.79 Å². The van der Waals surface area contributed by atoms with E-state index in [0.29, 0.717) is 43.9 Å². The number of halogens is 1. The van der Waals surface area contributed by atoms with Gasteiger partial charge in [-0.05, 0) is 60.7 Å². The Morgan fingerprint density at radius 3 is 2.46 bits per heavy atom. The van der Waals surface area contributed by atoms with Crippen molar-refractivity contribution in [2.45, 2.75) is 46.3 Å². The highest BCUT2D eigenvalue weighted by molar-refractivity contribution is 7.07. The molecule has 3 aromatic carbocycles. The number of esters is 1. The summed E-state index contributed by atoms with van der Waals surface area (Å²) in [7, 11) is 0. The summed E-state index contributed by atoms with van der Waals surface area (Å²) >= 11 is 7.30. The minimum atomic E-state index is -0.648. The van der Waals surface area contributed by atoms with Gasteiger partial charge in [-0.2, -0.15) is 0 Å². The highest BCUT2D eigenvalue weighted by Crippen LogP contribution is 2.31. The van der Waals surface area contributed by atoms with Crippen molar-refractivity contribution in [3.05, 3.63) is 131 Å². The Hall–Kier alpha value is -3.94. The number of thiazole rings is 1. The molecule has 0 radical (unpaired) electrons. The van der Waals surface area contributed by atoms with Gasteiger partial charge in [-0.1, -0.05) is 91.4 Å². The number of fused-ring (bicyclic) bond motifs is 1. The van der Waals surface area contributed by atoms with Crippen molar-refractivity contribution in [1.82, 2.24) is 4.57 Å². The predicted molar refractivity (Wildman–Crippen MR) is 163 cm³/mol. The van der Waals surface area contributed by atoms with Crippen LogP contribution in [0.25, 0.3) is 6.08 Å². The lowest BCUT2D eigenvalue weighted by atomic mass is 9.93. The molecule has 0 saturated carbocycles. The van der Waals surface area contributed by atoms with Crippen LogP contribution in [0.2, 0.25) is 5.02 Å². The number of benzene rings is 3. The van der Waals surface area contributed by atoms with Gasteiger partial charge < -0.3 is 9.47 Å². The zero-order chi connectivity index (χ0) is 29.1. The lowest BCUT2D eigenvalue weighted by molar-refractivity contribution is -0.139. The summed E-state index contributed by atoms with van der Waals surface area (Å²) in [5, 5.41) is 0.667. The van der Waals surface area contributed by atoms with Gasteiger partial charge in [0.25, 0.3) is 5.56 Å². The number of hydrogen-bond acceptors (Lipinski definition) is 6. The number of allylic oxidation sites excluding steroid dienone is 1. The fourth-order valence-electron chi connectivity index (χ4n) is 4.78. The number of nitrogens with zero attached hydrogens (tertiary/aromatic N) is 2. The molecule has 0 N–H and O–H groups in total. The van der Waals surface area contributed by atoms with E-state index in [9.17, 15) is 9.59 Å². The monoisotopic (exact) mass is 586 g/mol. The van der Waals surface area contributed by atoms with E-state index in [4.69, 9.17) is 21.1 Å². The third-order valence-corrected chi connectivity index (χ3v) is 8.18. The molecule has 0 fully saturated rings. The van der Waals surface area contributed by atoms with E-state index in [-0.39, 0.29) is 12.2 Å². The summed E-state index contributed by atoms with van der Waals surface area (Å²) in [6.07, 6.45) is 1.82. The molecular weight excluding hydrogens is 556 g/mol. The number of para-hydroxylation sites is 1. The summed E-state index contributed by atoms with van der Waals surface area (Å²) in [6, 6.07) is 22.5. The maximum atomic E-state index is 14.0. The first-order valence-corrected chi connectivity index (χ1v) is 14.7. The number of carbonyl (C=O) groups excluding carboxylic acids is 1. The van der Waals surface area contributed by atoms with Gasteiger partial charge in [0, 0.05) is 10.6 Å². The summed E-state index contributed by atoms with van der Waals surface area (Å²) in [4.78, 5) is 32.4. The maximum absolute atomic E-state index is 14.0. The highest BCUT2D eigenvalue weighted by atomic mass is 35.5. The van der Waals surface area contributed by atoms with Crippen molar-refractivity contribution in [1.29, 1.82) is 0 Å². The zero-order valence-corrected chi connectivity index (χ0v) is 25.0. The topological polar surface area (TPSA) is 69.9 Å². The SMILES string of the molecule is CCOC(=O)C1=C(C)N=c2s/c(=C\c3ccccc3OCc3ccc(Cl)cc3)c(=O)n2C1c1ccc(C(C)C)cc1. The molecule has 5 rings (SSSR count). The van der Waals surface area contributed by atoms with Gasteiger partial charge in [-0.3, -0.25) is 9.36 Å². The quantitative estimate of drug-likeness (QED) is 0.232. The van der Waals surface area contributed by atoms with Crippen LogP contribution in [0.5, 0.6) is 5.75 Å². The van der Waals surface area contributed by atoms with Crippen molar-refractivity contribution in [3.63, 3.8) is 0 Å². The Morgan fingerprint density at radius 1 is 1.07 bits per heavy atom. The standard InChI is InChI=1S/C33H31ClN2O4S/c1-5-39-32(38)29-21(4)35-33-36(30(29)24-14-12-23(13-15-24)20(2)3)31(37)28(41-33)18-25-8-6-7-9-27(25)40-19-22-10-16-26(34)17-11-22/h6-18,20,30H,5,19H2,1-4H3/b28-18-. The number of hydrogen-bond donors (Lipinski definition) is 0. The summed E-state index contributed by atoms with van der Waals surface area (Å²) in [6.45, 7) is 8.40. The van der Waals surface area contributed by atoms with Crippen molar-refractivity contribution < 1.29 is 14.3 Å². The molecule has 0 amide bonds. The first-order chi connectivity index (χ1) is 19.8. The first kappa shape index (κ1) is 28.6. The molecule has 1 aromatic heterocycles. The first-order valence-electron chi connectivity index (χ1n) is 13.5. The van der Waals surface area contributed by atoms with Crippen LogP contribution in [0.3, 0.4) is 0 Å². The molecule has 0 saturated heterocycles. The van der Waals surface area contributed by atoms with Crippen LogP contribution < -0.4 is 19.6 Å². The van der Waals surface area contributed by atoms with Crippen molar-refractivity contribution in [2.75, 3.05) is 6.61 Å².